The summed E-state index contributed by atoms with van der Waals surface area (Å²) >= 11 is 3.57. The third-order valence-electron chi connectivity index (χ3n) is 3.33. The highest BCUT2D eigenvalue weighted by molar-refractivity contribution is 9.10. The van der Waals surface area contributed by atoms with Gasteiger partial charge in [0.1, 0.15) is 5.60 Å². The number of hydrogen-bond donors (Lipinski definition) is 0. The quantitative estimate of drug-likeness (QED) is 0.762. The fraction of sp³-hybridized carbons (Fsp3) is 0.700. The first-order chi connectivity index (χ1) is 6.78. The first kappa shape index (κ1) is 8.92. The summed E-state index contributed by atoms with van der Waals surface area (Å²) < 4.78 is 8.97. The van der Waals surface area contributed by atoms with Gasteiger partial charge < -0.3 is 4.74 Å². The number of epoxide rings is 1. The van der Waals surface area contributed by atoms with Crippen LogP contribution in [0.3, 0.4) is 0 Å². The van der Waals surface area contributed by atoms with Gasteiger partial charge in [0.25, 0.3) is 0 Å². The lowest BCUT2D eigenvalue weighted by Gasteiger charge is -2.11. The molecule has 0 bridgehead atoms. The zero-order valence-electron chi connectivity index (χ0n) is 8.16. The first-order valence-electron chi connectivity index (χ1n) is 5.17. The molecule has 1 saturated heterocycles. The fourth-order valence-electron chi connectivity index (χ4n) is 2.63. The molecule has 1 saturated carbocycles. The number of aryl methyl sites for hydroxylation is 1. The third kappa shape index (κ3) is 0.984. The van der Waals surface area contributed by atoms with Gasteiger partial charge >= 0.3 is 0 Å². The van der Waals surface area contributed by atoms with Gasteiger partial charge in [0.05, 0.1) is 22.5 Å². The molecule has 1 aromatic rings. The summed E-state index contributed by atoms with van der Waals surface area (Å²) in [6, 6.07) is 0. The van der Waals surface area contributed by atoms with Crippen LogP contribution in [0, 0.1) is 0 Å². The maximum Gasteiger partial charge on any atom is 0.137 e. The van der Waals surface area contributed by atoms with Crippen LogP contribution in [0.25, 0.3) is 0 Å². The molecule has 0 aromatic carbocycles. The van der Waals surface area contributed by atoms with Crippen molar-refractivity contribution in [1.82, 2.24) is 9.78 Å². The predicted octanol–water partition coefficient (Wildman–Crippen LogP) is 2.44. The van der Waals surface area contributed by atoms with E-state index in [0.29, 0.717) is 6.10 Å². The minimum absolute atomic E-state index is 0.0192. The van der Waals surface area contributed by atoms with E-state index < -0.39 is 0 Å². The standard InChI is InChI=1S/C10H13BrN2O/c1-2-13-9(7(11)6-12-13)10-5-3-4-8(10)14-10/h6,8H,2-5H2,1H3/t8-,10-/m0/s1. The van der Waals surface area contributed by atoms with E-state index in [1.165, 1.54) is 18.5 Å². The Kier molecular flexibility index (Phi) is 1.80. The molecule has 1 aliphatic heterocycles. The van der Waals surface area contributed by atoms with Crippen molar-refractivity contribution in [3.8, 4) is 0 Å². The van der Waals surface area contributed by atoms with Crippen molar-refractivity contribution in [2.45, 2.75) is 44.4 Å². The van der Waals surface area contributed by atoms with Gasteiger partial charge in [-0.3, -0.25) is 4.68 Å². The summed E-state index contributed by atoms with van der Waals surface area (Å²) in [5.41, 5.74) is 1.27. The van der Waals surface area contributed by atoms with E-state index in [4.69, 9.17) is 4.74 Å². The number of rotatable bonds is 2. The Hall–Kier alpha value is -0.350. The lowest BCUT2D eigenvalue weighted by atomic mass is 10.0. The molecular formula is C10H13BrN2O. The SMILES string of the molecule is CCn1ncc(Br)c1[C@]12CCC[C@@H]1O2. The molecule has 0 spiro atoms. The highest BCUT2D eigenvalue weighted by atomic mass is 79.9. The summed E-state index contributed by atoms with van der Waals surface area (Å²) in [6.07, 6.45) is 5.99. The van der Waals surface area contributed by atoms with Gasteiger partial charge in [-0.05, 0) is 42.1 Å². The van der Waals surface area contributed by atoms with Gasteiger partial charge in [0.2, 0.25) is 0 Å². The molecular weight excluding hydrogens is 244 g/mol. The second-order valence-electron chi connectivity index (χ2n) is 4.05. The maximum absolute atomic E-state index is 5.82. The van der Waals surface area contributed by atoms with Crippen molar-refractivity contribution in [2.24, 2.45) is 0 Å². The maximum atomic E-state index is 5.82. The molecule has 2 heterocycles. The van der Waals surface area contributed by atoms with Crippen molar-refractivity contribution in [3.63, 3.8) is 0 Å². The topological polar surface area (TPSA) is 30.4 Å². The first-order valence-corrected chi connectivity index (χ1v) is 5.97. The fourth-order valence-corrected chi connectivity index (χ4v) is 3.26. The molecule has 1 aromatic heterocycles. The van der Waals surface area contributed by atoms with Crippen LogP contribution in [-0.2, 0) is 16.9 Å². The Morgan fingerprint density at radius 3 is 3.21 bits per heavy atom. The van der Waals surface area contributed by atoms with E-state index in [1.807, 2.05) is 6.20 Å². The van der Waals surface area contributed by atoms with E-state index in [9.17, 15) is 0 Å². The molecule has 14 heavy (non-hydrogen) atoms. The molecule has 2 aliphatic rings. The van der Waals surface area contributed by atoms with Crippen molar-refractivity contribution in [3.05, 3.63) is 16.4 Å². The van der Waals surface area contributed by atoms with E-state index in [1.54, 1.807) is 0 Å². The van der Waals surface area contributed by atoms with E-state index >= 15 is 0 Å². The molecule has 3 nitrogen and oxygen atoms in total. The smallest absolute Gasteiger partial charge is 0.137 e. The molecule has 2 fully saturated rings. The lowest BCUT2D eigenvalue weighted by Crippen LogP contribution is -2.15. The number of halogens is 1. The van der Waals surface area contributed by atoms with Crippen LogP contribution in [0.5, 0.6) is 0 Å². The number of nitrogens with zero attached hydrogens (tertiary/aromatic N) is 2. The van der Waals surface area contributed by atoms with Crippen LogP contribution in [0.4, 0.5) is 0 Å². The van der Waals surface area contributed by atoms with Gasteiger partial charge in [-0.25, -0.2) is 0 Å². The normalized spacial score (nSPS) is 34.6. The van der Waals surface area contributed by atoms with Gasteiger partial charge in [-0.1, -0.05) is 0 Å². The summed E-state index contributed by atoms with van der Waals surface area (Å²) in [6.45, 7) is 3.03. The molecule has 2 atom stereocenters. The van der Waals surface area contributed by atoms with Crippen LogP contribution < -0.4 is 0 Å². The van der Waals surface area contributed by atoms with Crippen LogP contribution in [0.1, 0.15) is 31.9 Å². The molecule has 0 unspecified atom stereocenters. The Labute approximate surface area is 91.6 Å². The summed E-state index contributed by atoms with van der Waals surface area (Å²) in [5.74, 6) is 0. The van der Waals surface area contributed by atoms with Crippen LogP contribution in [0.15, 0.2) is 10.7 Å². The molecule has 4 heteroatoms. The Morgan fingerprint density at radius 1 is 1.79 bits per heavy atom. The van der Waals surface area contributed by atoms with Crippen LogP contribution >= 0.6 is 15.9 Å². The van der Waals surface area contributed by atoms with Crippen molar-refractivity contribution in [1.29, 1.82) is 0 Å². The Morgan fingerprint density at radius 2 is 2.64 bits per heavy atom. The predicted molar refractivity (Wildman–Crippen MR) is 56.0 cm³/mol. The highest BCUT2D eigenvalue weighted by Gasteiger charge is 2.62. The lowest BCUT2D eigenvalue weighted by molar-refractivity contribution is 0.242. The second kappa shape index (κ2) is 2.83. The Balaban J connectivity index is 2.07. The van der Waals surface area contributed by atoms with E-state index in [0.717, 1.165) is 17.4 Å². The molecule has 0 radical (unpaired) electrons. The average molecular weight is 257 g/mol. The molecule has 0 N–H and O–H groups in total. The highest BCUT2D eigenvalue weighted by Crippen LogP contribution is 2.58. The minimum Gasteiger partial charge on any atom is -0.359 e. The summed E-state index contributed by atoms with van der Waals surface area (Å²) in [4.78, 5) is 0. The molecule has 0 amide bonds. The molecule has 3 rings (SSSR count). The van der Waals surface area contributed by atoms with Gasteiger partial charge in [-0.15, -0.1) is 0 Å². The largest absolute Gasteiger partial charge is 0.359 e. The monoisotopic (exact) mass is 256 g/mol. The number of hydrogen-bond acceptors (Lipinski definition) is 2. The summed E-state index contributed by atoms with van der Waals surface area (Å²) in [7, 11) is 0. The van der Waals surface area contributed by atoms with Crippen molar-refractivity contribution in [2.75, 3.05) is 0 Å². The van der Waals surface area contributed by atoms with E-state index in [-0.39, 0.29) is 5.60 Å². The van der Waals surface area contributed by atoms with Gasteiger partial charge in [0.15, 0.2) is 0 Å². The average Bonchev–Trinajstić information content (AvgIpc) is 2.59. The number of aromatic nitrogens is 2. The minimum atomic E-state index is 0.0192. The molecule has 1 aliphatic carbocycles. The van der Waals surface area contributed by atoms with E-state index in [2.05, 4.69) is 32.6 Å². The van der Waals surface area contributed by atoms with Crippen molar-refractivity contribution < 1.29 is 4.74 Å². The van der Waals surface area contributed by atoms with Gasteiger partial charge in [0, 0.05) is 6.54 Å². The second-order valence-corrected chi connectivity index (χ2v) is 4.90. The van der Waals surface area contributed by atoms with Gasteiger partial charge in [-0.2, -0.15) is 5.10 Å². The third-order valence-corrected chi connectivity index (χ3v) is 3.91. The molecule has 76 valence electrons. The zero-order valence-corrected chi connectivity index (χ0v) is 9.75. The Bertz CT molecular complexity index is 376. The zero-order chi connectivity index (χ0) is 9.76. The van der Waals surface area contributed by atoms with Crippen LogP contribution in [0.2, 0.25) is 0 Å². The summed E-state index contributed by atoms with van der Waals surface area (Å²) in [5, 5.41) is 4.34. The number of fused-ring (bicyclic) bond motifs is 1. The van der Waals surface area contributed by atoms with Crippen LogP contribution in [-0.4, -0.2) is 15.9 Å². The number of ether oxygens (including phenoxy) is 1. The van der Waals surface area contributed by atoms with Crippen molar-refractivity contribution >= 4 is 15.9 Å².